The van der Waals surface area contributed by atoms with Crippen molar-refractivity contribution in [2.24, 2.45) is 11.8 Å². The lowest BCUT2D eigenvalue weighted by molar-refractivity contribution is -0.145. The molecule has 6 heteroatoms. The van der Waals surface area contributed by atoms with Gasteiger partial charge in [-0.2, -0.15) is 5.26 Å². The van der Waals surface area contributed by atoms with Crippen LogP contribution < -0.4 is 4.90 Å². The third-order valence-electron chi connectivity index (χ3n) is 5.61. The second-order valence-corrected chi connectivity index (χ2v) is 8.43. The number of aromatic nitrogens is 2. The quantitative estimate of drug-likeness (QED) is 0.574. The summed E-state index contributed by atoms with van der Waals surface area (Å²) in [6, 6.07) is 19.1. The van der Waals surface area contributed by atoms with Gasteiger partial charge < -0.3 is 9.64 Å². The van der Waals surface area contributed by atoms with Crippen molar-refractivity contribution in [3.63, 3.8) is 0 Å². The highest BCUT2D eigenvalue weighted by atomic mass is 16.5. The zero-order valence-corrected chi connectivity index (χ0v) is 17.9. The molecule has 0 N–H and O–H groups in total. The van der Waals surface area contributed by atoms with E-state index in [-0.39, 0.29) is 6.61 Å². The number of piperidine rings is 1. The molecule has 6 nitrogen and oxygen atoms in total. The highest BCUT2D eigenvalue weighted by molar-refractivity contribution is 5.85. The third kappa shape index (κ3) is 4.66. The van der Waals surface area contributed by atoms with E-state index >= 15 is 0 Å². The SMILES string of the molecule is C[C@@H]1C[C@@H](C)CN(c2nc3ccccc3nc2[C@H](C#N)C(=O)OCc2ccccc2)C1. The van der Waals surface area contributed by atoms with E-state index in [1.165, 1.54) is 0 Å². The Hall–Kier alpha value is -3.46. The van der Waals surface area contributed by atoms with Crippen LogP contribution in [0.15, 0.2) is 54.6 Å². The summed E-state index contributed by atoms with van der Waals surface area (Å²) in [7, 11) is 0. The second kappa shape index (κ2) is 9.13. The lowest BCUT2D eigenvalue weighted by atomic mass is 9.91. The molecule has 0 radical (unpaired) electrons. The first-order valence-corrected chi connectivity index (χ1v) is 10.7. The van der Waals surface area contributed by atoms with Crippen molar-refractivity contribution in [1.29, 1.82) is 5.26 Å². The van der Waals surface area contributed by atoms with Crippen LogP contribution in [0.5, 0.6) is 0 Å². The maximum Gasteiger partial charge on any atom is 0.330 e. The molecular weight excluding hydrogens is 388 g/mol. The average Bonchev–Trinajstić information content (AvgIpc) is 2.78. The Morgan fingerprint density at radius 1 is 1.06 bits per heavy atom. The zero-order valence-electron chi connectivity index (χ0n) is 17.9. The molecule has 2 aromatic carbocycles. The molecule has 0 unspecified atom stereocenters. The van der Waals surface area contributed by atoms with Gasteiger partial charge in [-0.1, -0.05) is 56.3 Å². The normalized spacial score (nSPS) is 19.6. The number of rotatable bonds is 5. The van der Waals surface area contributed by atoms with Crippen molar-refractivity contribution < 1.29 is 9.53 Å². The highest BCUT2D eigenvalue weighted by Crippen LogP contribution is 2.32. The van der Waals surface area contributed by atoms with Crippen molar-refractivity contribution in [2.75, 3.05) is 18.0 Å². The van der Waals surface area contributed by atoms with Crippen molar-refractivity contribution in [2.45, 2.75) is 32.8 Å². The number of ether oxygens (including phenoxy) is 1. The van der Waals surface area contributed by atoms with Crippen LogP contribution in [0.25, 0.3) is 11.0 Å². The van der Waals surface area contributed by atoms with Crippen LogP contribution >= 0.6 is 0 Å². The van der Waals surface area contributed by atoms with E-state index in [2.05, 4.69) is 24.8 Å². The molecule has 1 aliphatic heterocycles. The van der Waals surface area contributed by atoms with Crippen LogP contribution in [-0.2, 0) is 16.1 Å². The van der Waals surface area contributed by atoms with Gasteiger partial charge in [0.15, 0.2) is 11.7 Å². The van der Waals surface area contributed by atoms with E-state index in [9.17, 15) is 10.1 Å². The summed E-state index contributed by atoms with van der Waals surface area (Å²) in [5.41, 5.74) is 2.66. The molecule has 1 aliphatic rings. The Kier molecular flexibility index (Phi) is 6.13. The fraction of sp³-hybridized carbons (Fsp3) is 0.360. The molecule has 0 bridgehead atoms. The monoisotopic (exact) mass is 414 g/mol. The Morgan fingerprint density at radius 2 is 1.68 bits per heavy atom. The summed E-state index contributed by atoms with van der Waals surface area (Å²) in [6.07, 6.45) is 1.15. The van der Waals surface area contributed by atoms with Gasteiger partial charge in [0, 0.05) is 13.1 Å². The summed E-state index contributed by atoms with van der Waals surface area (Å²) in [4.78, 5) is 24.6. The van der Waals surface area contributed by atoms with Gasteiger partial charge in [0.2, 0.25) is 0 Å². The molecule has 0 spiro atoms. The van der Waals surface area contributed by atoms with Crippen molar-refractivity contribution in [3.8, 4) is 6.07 Å². The summed E-state index contributed by atoms with van der Waals surface area (Å²) < 4.78 is 5.48. The Labute approximate surface area is 182 Å². The van der Waals surface area contributed by atoms with Crippen LogP contribution in [0.2, 0.25) is 0 Å². The van der Waals surface area contributed by atoms with E-state index in [1.807, 2.05) is 54.6 Å². The smallest absolute Gasteiger partial charge is 0.330 e. The van der Waals surface area contributed by atoms with Crippen LogP contribution in [0.4, 0.5) is 5.82 Å². The fourth-order valence-electron chi connectivity index (χ4n) is 4.30. The van der Waals surface area contributed by atoms with Gasteiger partial charge >= 0.3 is 5.97 Å². The van der Waals surface area contributed by atoms with E-state index in [0.29, 0.717) is 28.9 Å². The number of hydrogen-bond donors (Lipinski definition) is 0. The molecule has 158 valence electrons. The third-order valence-corrected chi connectivity index (χ3v) is 5.61. The number of fused-ring (bicyclic) bond motifs is 1. The van der Waals surface area contributed by atoms with Crippen molar-refractivity contribution in [3.05, 3.63) is 65.9 Å². The highest BCUT2D eigenvalue weighted by Gasteiger charge is 2.32. The predicted molar refractivity (Wildman–Crippen MR) is 119 cm³/mol. The largest absolute Gasteiger partial charge is 0.460 e. The molecule has 1 fully saturated rings. The van der Waals surface area contributed by atoms with Crippen molar-refractivity contribution >= 4 is 22.8 Å². The van der Waals surface area contributed by atoms with Gasteiger partial charge in [-0.15, -0.1) is 0 Å². The number of esters is 1. The van der Waals surface area contributed by atoms with E-state index < -0.39 is 11.9 Å². The summed E-state index contributed by atoms with van der Waals surface area (Å²) in [6.45, 7) is 6.19. The van der Waals surface area contributed by atoms with Gasteiger partial charge in [-0.25, -0.2) is 9.97 Å². The molecule has 1 saturated heterocycles. The minimum Gasteiger partial charge on any atom is -0.460 e. The second-order valence-electron chi connectivity index (χ2n) is 8.43. The maximum atomic E-state index is 12.9. The number of anilines is 1. The van der Waals surface area contributed by atoms with E-state index in [0.717, 1.165) is 30.6 Å². The van der Waals surface area contributed by atoms with Gasteiger partial charge in [0.25, 0.3) is 0 Å². The summed E-state index contributed by atoms with van der Waals surface area (Å²) in [5.74, 6) is -0.134. The van der Waals surface area contributed by atoms with E-state index in [1.54, 1.807) is 0 Å². The molecule has 0 amide bonds. The van der Waals surface area contributed by atoms with E-state index in [4.69, 9.17) is 14.7 Å². The molecule has 2 heterocycles. The number of nitriles is 1. The molecule has 3 aromatic rings. The Bertz CT molecular complexity index is 1100. The van der Waals surface area contributed by atoms with Gasteiger partial charge in [0.1, 0.15) is 12.3 Å². The van der Waals surface area contributed by atoms with Crippen LogP contribution in [0.1, 0.15) is 37.4 Å². The summed E-state index contributed by atoms with van der Waals surface area (Å²) >= 11 is 0. The first-order chi connectivity index (χ1) is 15.0. The Morgan fingerprint density at radius 3 is 2.32 bits per heavy atom. The van der Waals surface area contributed by atoms with Gasteiger partial charge in [-0.3, -0.25) is 4.79 Å². The molecule has 1 aromatic heterocycles. The number of para-hydroxylation sites is 2. The first-order valence-electron chi connectivity index (χ1n) is 10.7. The number of hydrogen-bond acceptors (Lipinski definition) is 6. The lowest BCUT2D eigenvalue weighted by Crippen LogP contribution is -2.40. The number of benzene rings is 2. The molecule has 4 rings (SSSR count). The molecular formula is C25H26N4O2. The first kappa shape index (κ1) is 20.8. The van der Waals surface area contributed by atoms with Crippen LogP contribution in [-0.4, -0.2) is 29.0 Å². The van der Waals surface area contributed by atoms with Crippen molar-refractivity contribution in [1.82, 2.24) is 9.97 Å². The average molecular weight is 415 g/mol. The van der Waals surface area contributed by atoms with Gasteiger partial charge in [-0.05, 0) is 36.0 Å². The maximum absolute atomic E-state index is 12.9. The van der Waals surface area contributed by atoms with Crippen LogP contribution in [0.3, 0.4) is 0 Å². The number of nitrogens with zero attached hydrogens (tertiary/aromatic N) is 4. The molecule has 31 heavy (non-hydrogen) atoms. The zero-order chi connectivity index (χ0) is 21.8. The number of carbonyl (C=O) groups excluding carboxylic acids is 1. The van der Waals surface area contributed by atoms with Crippen LogP contribution in [0, 0.1) is 23.2 Å². The minimum atomic E-state index is -1.14. The summed E-state index contributed by atoms with van der Waals surface area (Å²) in [5, 5.41) is 9.91. The molecule has 3 atom stereocenters. The standard InChI is InChI=1S/C25H26N4O2/c1-17-12-18(2)15-29(14-17)24-23(27-21-10-6-7-11-22(21)28-24)20(13-26)25(30)31-16-19-8-4-3-5-9-19/h3-11,17-18,20H,12,14-16H2,1-2H3/t17-,18-,20+/m1/s1. The topological polar surface area (TPSA) is 79.1 Å². The molecule has 0 aliphatic carbocycles. The fourth-order valence-corrected chi connectivity index (χ4v) is 4.30. The number of carbonyl (C=O) groups is 1. The predicted octanol–water partition coefficient (Wildman–Crippen LogP) is 4.46. The minimum absolute atomic E-state index is 0.117. The Balaban J connectivity index is 1.69. The van der Waals surface area contributed by atoms with Gasteiger partial charge in [0.05, 0.1) is 17.1 Å². The molecule has 0 saturated carbocycles. The lowest BCUT2D eigenvalue weighted by Gasteiger charge is -2.36.